The predicted octanol–water partition coefficient (Wildman–Crippen LogP) is 4.03. The second kappa shape index (κ2) is 8.07. The Balaban J connectivity index is 1.24. The lowest BCUT2D eigenvalue weighted by atomic mass is 9.55. The molecule has 6 nitrogen and oxygen atoms in total. The van der Waals surface area contributed by atoms with Crippen molar-refractivity contribution in [2.45, 2.75) is 63.5 Å². The summed E-state index contributed by atoms with van der Waals surface area (Å²) in [6.07, 6.45) is 9.13. The van der Waals surface area contributed by atoms with Gasteiger partial charge < -0.3 is 16.0 Å². The summed E-state index contributed by atoms with van der Waals surface area (Å²) < 4.78 is 0. The molecule has 2 aliphatic carbocycles. The summed E-state index contributed by atoms with van der Waals surface area (Å²) >= 11 is 0. The molecular weight excluding hydrogens is 400 g/mol. The Morgan fingerprint density at radius 3 is 2.56 bits per heavy atom. The predicted molar refractivity (Wildman–Crippen MR) is 126 cm³/mol. The van der Waals surface area contributed by atoms with E-state index >= 15 is 0 Å². The van der Waals surface area contributed by atoms with Gasteiger partial charge >= 0.3 is 0 Å². The highest BCUT2D eigenvalue weighted by Crippen LogP contribution is 2.54. The van der Waals surface area contributed by atoms with Crippen LogP contribution < -0.4 is 16.0 Å². The maximum atomic E-state index is 13.4. The van der Waals surface area contributed by atoms with Gasteiger partial charge in [0.15, 0.2) is 0 Å². The number of amides is 2. The van der Waals surface area contributed by atoms with Gasteiger partial charge in [-0.2, -0.15) is 0 Å². The fourth-order valence-corrected chi connectivity index (χ4v) is 6.37. The molecule has 0 bridgehead atoms. The Kier molecular flexibility index (Phi) is 5.36. The van der Waals surface area contributed by atoms with Crippen molar-refractivity contribution in [1.29, 1.82) is 0 Å². The molecule has 1 aromatic rings. The number of carbonyl (C=O) groups excluding carboxylic acids is 2. The van der Waals surface area contributed by atoms with Gasteiger partial charge in [0.25, 0.3) is 11.8 Å². The molecule has 2 saturated carbocycles. The van der Waals surface area contributed by atoms with Crippen LogP contribution in [-0.4, -0.2) is 42.4 Å². The number of rotatable bonds is 5. The van der Waals surface area contributed by atoms with Crippen LogP contribution in [0, 0.1) is 11.3 Å². The van der Waals surface area contributed by atoms with E-state index < -0.39 is 0 Å². The first kappa shape index (κ1) is 21.3. The first-order chi connectivity index (χ1) is 15.4. The zero-order valence-corrected chi connectivity index (χ0v) is 19.0. The molecule has 3 N–H and O–H groups in total. The third-order valence-electron chi connectivity index (χ3n) is 8.20. The summed E-state index contributed by atoms with van der Waals surface area (Å²) in [7, 11) is 2.07. The van der Waals surface area contributed by atoms with Crippen molar-refractivity contribution in [2.24, 2.45) is 11.3 Å². The van der Waals surface area contributed by atoms with Crippen molar-refractivity contribution in [3.63, 3.8) is 0 Å². The summed E-state index contributed by atoms with van der Waals surface area (Å²) in [6.45, 7) is 8.83. The Bertz CT molecular complexity index is 968. The quantitative estimate of drug-likeness (QED) is 0.610. The first-order valence-corrected chi connectivity index (χ1v) is 12.0. The van der Waals surface area contributed by atoms with Crippen LogP contribution in [0.2, 0.25) is 0 Å². The van der Waals surface area contributed by atoms with Crippen molar-refractivity contribution in [3.05, 3.63) is 53.9 Å². The van der Waals surface area contributed by atoms with Crippen LogP contribution in [0.4, 0.5) is 5.69 Å². The topological polar surface area (TPSA) is 73.5 Å². The van der Waals surface area contributed by atoms with Crippen molar-refractivity contribution in [2.75, 3.05) is 18.9 Å². The Labute approximate surface area is 190 Å². The van der Waals surface area contributed by atoms with Crippen LogP contribution in [0.15, 0.2) is 42.8 Å². The maximum Gasteiger partial charge on any atom is 0.264 e. The van der Waals surface area contributed by atoms with Gasteiger partial charge in [-0.3, -0.25) is 14.5 Å². The van der Waals surface area contributed by atoms with Crippen LogP contribution in [-0.2, 0) is 0 Å². The summed E-state index contributed by atoms with van der Waals surface area (Å²) in [5, 5.41) is 10.1. The van der Waals surface area contributed by atoms with Crippen LogP contribution in [0.3, 0.4) is 0 Å². The first-order valence-electron chi connectivity index (χ1n) is 12.0. The zero-order chi connectivity index (χ0) is 22.5. The lowest BCUT2D eigenvalue weighted by Gasteiger charge is -2.52. The molecule has 2 heterocycles. The van der Waals surface area contributed by atoms with Gasteiger partial charge in [-0.05, 0) is 81.9 Å². The summed E-state index contributed by atoms with van der Waals surface area (Å²) in [4.78, 5) is 27.9. The summed E-state index contributed by atoms with van der Waals surface area (Å²) in [5.74, 6) is 0.190. The number of fused-ring (bicyclic) bond motifs is 1. The van der Waals surface area contributed by atoms with E-state index in [1.54, 1.807) is 6.07 Å². The molecule has 2 aliphatic heterocycles. The highest BCUT2D eigenvalue weighted by atomic mass is 16.2. The number of nitrogens with zero attached hydrogens (tertiary/aromatic N) is 1. The van der Waals surface area contributed by atoms with Crippen molar-refractivity contribution < 1.29 is 9.59 Å². The Morgan fingerprint density at radius 2 is 1.88 bits per heavy atom. The molecule has 170 valence electrons. The van der Waals surface area contributed by atoms with E-state index in [1.807, 2.05) is 12.1 Å². The average molecular weight is 435 g/mol. The molecular formula is C26H34N4O2. The number of anilines is 1. The minimum atomic E-state index is -0.333. The number of piperidine rings is 1. The molecule has 1 spiro atoms. The van der Waals surface area contributed by atoms with Crippen LogP contribution in [0.5, 0.6) is 0 Å². The van der Waals surface area contributed by atoms with Gasteiger partial charge in [0.2, 0.25) is 0 Å². The molecule has 0 radical (unpaired) electrons. The van der Waals surface area contributed by atoms with Gasteiger partial charge in [-0.1, -0.05) is 19.2 Å². The van der Waals surface area contributed by atoms with E-state index in [4.69, 9.17) is 0 Å². The Morgan fingerprint density at radius 1 is 1.12 bits per heavy atom. The largest absolute Gasteiger partial charge is 0.384 e. The highest BCUT2D eigenvalue weighted by Gasteiger charge is 2.46. The van der Waals surface area contributed by atoms with Crippen molar-refractivity contribution in [3.8, 4) is 0 Å². The normalized spacial score (nSPS) is 32.0. The van der Waals surface area contributed by atoms with E-state index in [1.165, 1.54) is 43.4 Å². The number of carbonyl (C=O) groups is 2. The summed E-state index contributed by atoms with van der Waals surface area (Å²) in [5.41, 5.74) is 3.87. The van der Waals surface area contributed by atoms with E-state index in [-0.39, 0.29) is 17.9 Å². The van der Waals surface area contributed by atoms with Gasteiger partial charge in [0.1, 0.15) is 0 Å². The number of nitrogens with one attached hydrogen (secondary N) is 3. The highest BCUT2D eigenvalue weighted by molar-refractivity contribution is 6.24. The Hall–Kier alpha value is -2.60. The third-order valence-corrected chi connectivity index (χ3v) is 8.20. The molecule has 5 rings (SSSR count). The molecule has 1 atom stereocenters. The fourth-order valence-electron chi connectivity index (χ4n) is 6.37. The molecule has 2 amide bonds. The number of imide groups is 1. The number of allylic oxidation sites excluding steroid dienone is 1. The van der Waals surface area contributed by atoms with E-state index in [2.05, 4.69) is 36.2 Å². The van der Waals surface area contributed by atoms with Crippen LogP contribution in [0.25, 0.3) is 0 Å². The summed E-state index contributed by atoms with van der Waals surface area (Å²) in [6, 6.07) is 5.91. The molecule has 6 heteroatoms. The van der Waals surface area contributed by atoms with Crippen LogP contribution in [0.1, 0.15) is 72.1 Å². The molecule has 0 aromatic heterocycles. The monoisotopic (exact) mass is 434 g/mol. The van der Waals surface area contributed by atoms with E-state index in [0.29, 0.717) is 40.6 Å². The standard InChI is InChI=1S/C26H34N4O2/c1-16-7-8-22(17(2)29-16)30-24(31)20-5-4-6-21(23(20)25(30)32)28-15-18-13-26(14-18)11-9-19(27-3)10-12-26/h4-6,18-19,22,27-29H,1-2,7-15H2,3H3. The van der Waals surface area contributed by atoms with Crippen molar-refractivity contribution >= 4 is 17.5 Å². The molecule has 1 unspecified atom stereocenters. The zero-order valence-electron chi connectivity index (χ0n) is 19.0. The third kappa shape index (κ3) is 3.54. The van der Waals surface area contributed by atoms with Gasteiger partial charge in [-0.15, -0.1) is 0 Å². The lowest BCUT2D eigenvalue weighted by Crippen LogP contribution is -2.46. The second-order valence-electron chi connectivity index (χ2n) is 10.2. The fraction of sp³-hybridized carbons (Fsp3) is 0.538. The van der Waals surface area contributed by atoms with E-state index in [9.17, 15) is 9.59 Å². The van der Waals surface area contributed by atoms with E-state index in [0.717, 1.165) is 24.4 Å². The minimum Gasteiger partial charge on any atom is -0.384 e. The van der Waals surface area contributed by atoms with Crippen molar-refractivity contribution in [1.82, 2.24) is 15.5 Å². The van der Waals surface area contributed by atoms with Gasteiger partial charge in [0.05, 0.1) is 17.2 Å². The molecule has 1 aromatic carbocycles. The average Bonchev–Trinajstić information content (AvgIpc) is 3.02. The minimum absolute atomic E-state index is 0.218. The number of hydrogen-bond acceptors (Lipinski definition) is 5. The molecule has 3 fully saturated rings. The van der Waals surface area contributed by atoms with Gasteiger partial charge in [0, 0.05) is 29.7 Å². The maximum absolute atomic E-state index is 13.4. The number of benzene rings is 1. The SMILES string of the molecule is C=C1CCC(N2C(=O)c3cccc(NCC4CC5(CCC(NC)CC5)C4)c3C2=O)C(=C)N1. The van der Waals surface area contributed by atoms with Crippen LogP contribution >= 0.6 is 0 Å². The molecule has 32 heavy (non-hydrogen) atoms. The van der Waals surface area contributed by atoms with Gasteiger partial charge in [-0.25, -0.2) is 0 Å². The molecule has 1 saturated heterocycles. The lowest BCUT2D eigenvalue weighted by molar-refractivity contribution is 0.0134. The smallest absolute Gasteiger partial charge is 0.264 e. The molecule has 4 aliphatic rings. The second-order valence-corrected chi connectivity index (χ2v) is 10.2. The number of hydrogen-bond donors (Lipinski definition) is 3.